The molecule has 55 heavy (non-hydrogen) atoms. The zero-order valence-corrected chi connectivity index (χ0v) is 29.7. The number of aromatic nitrogens is 3. The smallest absolute Gasteiger partial charge is 0.145 e. The van der Waals surface area contributed by atoms with Gasteiger partial charge in [0.25, 0.3) is 0 Å². The fourth-order valence-corrected chi connectivity index (χ4v) is 9.12. The van der Waals surface area contributed by atoms with E-state index in [1.165, 1.54) is 55.3 Å². The summed E-state index contributed by atoms with van der Waals surface area (Å²) >= 11 is 0. The van der Waals surface area contributed by atoms with Crippen LogP contribution in [0, 0.1) is 0 Å². The van der Waals surface area contributed by atoms with Crippen LogP contribution in [0.2, 0.25) is 0 Å². The molecule has 1 aliphatic heterocycles. The molecule has 3 heteroatoms. The largest absolute Gasteiger partial charge is 0.291 e. The van der Waals surface area contributed by atoms with Crippen LogP contribution in [-0.4, -0.2) is 14.5 Å². The molecule has 254 valence electrons. The molecule has 0 fully saturated rings. The maximum Gasteiger partial charge on any atom is 0.145 e. The van der Waals surface area contributed by atoms with Gasteiger partial charge in [-0.3, -0.25) is 9.55 Å². The molecule has 1 aliphatic carbocycles. The number of fused-ring (bicyclic) bond motifs is 8. The standard InChI is InChI=1S/C52H31N3/c1-2-18-40-39(17-1)42-21-8-20-41-38(26-27-43(40)49(41)42)36-15-6-13-34(30-36)32-11-5-12-33(29-32)35-14-7-16-37(31-35)52-54-47-24-9-22-45-44-23-10-28-53-50(44)46-19-3-4-25-48(46)55(52)51(45)47/h1-31H. The Hall–Kier alpha value is -7.36. The number of rotatable bonds is 4. The van der Waals surface area contributed by atoms with Crippen LogP contribution in [0.4, 0.5) is 0 Å². The van der Waals surface area contributed by atoms with Crippen LogP contribution in [0.25, 0.3) is 117 Å². The van der Waals surface area contributed by atoms with E-state index < -0.39 is 0 Å². The average Bonchev–Trinajstić information content (AvgIpc) is 3.77. The molecule has 0 spiro atoms. The van der Waals surface area contributed by atoms with E-state index in [1.807, 2.05) is 12.3 Å². The molecule has 0 atom stereocenters. The van der Waals surface area contributed by atoms with Gasteiger partial charge >= 0.3 is 0 Å². The van der Waals surface area contributed by atoms with Crippen LogP contribution in [0.15, 0.2) is 188 Å². The van der Waals surface area contributed by atoms with E-state index in [1.54, 1.807) is 0 Å². The molecule has 0 saturated carbocycles. The molecule has 3 heterocycles. The first-order valence-corrected chi connectivity index (χ1v) is 18.8. The zero-order valence-electron chi connectivity index (χ0n) is 29.7. The lowest BCUT2D eigenvalue weighted by Crippen LogP contribution is -1.99. The number of benzene rings is 8. The third-order valence-electron chi connectivity index (χ3n) is 11.5. The van der Waals surface area contributed by atoms with Crippen molar-refractivity contribution in [3.8, 4) is 95.1 Å². The second-order valence-electron chi connectivity index (χ2n) is 14.5. The van der Waals surface area contributed by atoms with Gasteiger partial charge in [0, 0.05) is 28.5 Å². The number of hydrogen-bond acceptors (Lipinski definition) is 2. The fraction of sp³-hybridized carbons (Fsp3) is 0. The summed E-state index contributed by atoms with van der Waals surface area (Å²) < 4.78 is 2.33. The van der Waals surface area contributed by atoms with Crippen molar-refractivity contribution in [2.45, 2.75) is 0 Å². The molecule has 0 amide bonds. The van der Waals surface area contributed by atoms with Gasteiger partial charge in [-0.1, -0.05) is 146 Å². The van der Waals surface area contributed by atoms with Gasteiger partial charge < -0.3 is 0 Å². The number of para-hydroxylation sites is 2. The summed E-state index contributed by atoms with van der Waals surface area (Å²) in [6.45, 7) is 0. The molecular weight excluding hydrogens is 667 g/mol. The maximum atomic E-state index is 5.30. The minimum Gasteiger partial charge on any atom is -0.291 e. The Morgan fingerprint density at radius 1 is 0.364 bits per heavy atom. The number of nitrogens with zero attached hydrogens (tertiary/aromatic N) is 3. The highest BCUT2D eigenvalue weighted by Crippen LogP contribution is 2.49. The Morgan fingerprint density at radius 2 is 0.909 bits per heavy atom. The predicted octanol–water partition coefficient (Wildman–Crippen LogP) is 13.5. The molecule has 0 saturated heterocycles. The minimum atomic E-state index is 0.918. The Morgan fingerprint density at radius 3 is 1.69 bits per heavy atom. The van der Waals surface area contributed by atoms with Gasteiger partial charge in [-0.25, -0.2) is 4.98 Å². The molecule has 2 aliphatic rings. The van der Waals surface area contributed by atoms with E-state index in [0.29, 0.717) is 0 Å². The third kappa shape index (κ3) is 4.44. The molecule has 8 aromatic carbocycles. The summed E-state index contributed by atoms with van der Waals surface area (Å²) in [6, 6.07) is 66.0. The van der Waals surface area contributed by atoms with E-state index in [9.17, 15) is 0 Å². The fourth-order valence-electron chi connectivity index (χ4n) is 9.12. The lowest BCUT2D eigenvalue weighted by atomic mass is 9.92. The van der Waals surface area contributed by atoms with Crippen molar-refractivity contribution >= 4 is 21.8 Å². The highest BCUT2D eigenvalue weighted by molar-refractivity contribution is 6.18. The quantitative estimate of drug-likeness (QED) is 0.183. The molecule has 10 aromatic rings. The topological polar surface area (TPSA) is 30.7 Å². The summed E-state index contributed by atoms with van der Waals surface area (Å²) in [4.78, 5) is 10.2. The van der Waals surface area contributed by atoms with Crippen LogP contribution >= 0.6 is 0 Å². The number of imidazole rings is 1. The predicted molar refractivity (Wildman–Crippen MR) is 227 cm³/mol. The van der Waals surface area contributed by atoms with Crippen LogP contribution < -0.4 is 0 Å². The lowest BCUT2D eigenvalue weighted by Gasteiger charge is -2.14. The Kier molecular flexibility index (Phi) is 6.34. The molecule has 0 unspecified atom stereocenters. The van der Waals surface area contributed by atoms with Gasteiger partial charge in [-0.2, -0.15) is 0 Å². The van der Waals surface area contributed by atoms with E-state index in [4.69, 9.17) is 9.97 Å². The molecule has 0 bridgehead atoms. The average molecular weight is 698 g/mol. The van der Waals surface area contributed by atoms with Crippen LogP contribution in [0.3, 0.4) is 0 Å². The maximum absolute atomic E-state index is 5.30. The second-order valence-corrected chi connectivity index (χ2v) is 14.5. The monoisotopic (exact) mass is 697 g/mol. The van der Waals surface area contributed by atoms with Gasteiger partial charge in [0.2, 0.25) is 0 Å². The van der Waals surface area contributed by atoms with Gasteiger partial charge in [0.1, 0.15) is 5.82 Å². The summed E-state index contributed by atoms with van der Waals surface area (Å²) in [5.74, 6) is 0.918. The van der Waals surface area contributed by atoms with Crippen LogP contribution in [0.1, 0.15) is 0 Å². The van der Waals surface area contributed by atoms with Gasteiger partial charge in [-0.15, -0.1) is 0 Å². The molecule has 0 N–H and O–H groups in total. The van der Waals surface area contributed by atoms with Crippen molar-refractivity contribution in [3.05, 3.63) is 188 Å². The normalized spacial score (nSPS) is 12.0. The van der Waals surface area contributed by atoms with Crippen molar-refractivity contribution in [1.82, 2.24) is 14.5 Å². The summed E-state index contributed by atoms with van der Waals surface area (Å²) in [5.41, 5.74) is 21.1. The van der Waals surface area contributed by atoms with Crippen molar-refractivity contribution < 1.29 is 0 Å². The lowest BCUT2D eigenvalue weighted by molar-refractivity contribution is 1.11. The first kappa shape index (κ1) is 30.1. The SMILES string of the molecule is c1cc(-c2cccc(-c3ccc4c5c(cccc35)-c3ccccc3-4)c2)cc(-c2cccc(-c3nc4cccc5c4n3-c3ccccc3-c3ncccc3-5)c2)c1. The molecule has 12 rings (SSSR count). The van der Waals surface area contributed by atoms with E-state index in [2.05, 4.69) is 180 Å². The van der Waals surface area contributed by atoms with Gasteiger partial charge in [-0.05, 0) is 103 Å². The number of hydrogen-bond donors (Lipinski definition) is 0. The summed E-state index contributed by atoms with van der Waals surface area (Å²) in [7, 11) is 0. The van der Waals surface area contributed by atoms with Crippen LogP contribution in [-0.2, 0) is 0 Å². The van der Waals surface area contributed by atoms with Crippen molar-refractivity contribution in [2.24, 2.45) is 0 Å². The second kappa shape index (κ2) is 11.6. The van der Waals surface area contributed by atoms with Gasteiger partial charge in [0.05, 0.1) is 22.4 Å². The zero-order chi connectivity index (χ0) is 36.0. The minimum absolute atomic E-state index is 0.918. The Balaban J connectivity index is 0.954. The summed E-state index contributed by atoms with van der Waals surface area (Å²) in [5, 5.41) is 2.65. The van der Waals surface area contributed by atoms with E-state index in [-0.39, 0.29) is 0 Å². The molecular formula is C52H31N3. The third-order valence-corrected chi connectivity index (χ3v) is 11.5. The van der Waals surface area contributed by atoms with Gasteiger partial charge in [0.15, 0.2) is 0 Å². The molecule has 0 radical (unpaired) electrons. The van der Waals surface area contributed by atoms with Crippen molar-refractivity contribution in [3.63, 3.8) is 0 Å². The van der Waals surface area contributed by atoms with Crippen molar-refractivity contribution in [2.75, 3.05) is 0 Å². The summed E-state index contributed by atoms with van der Waals surface area (Å²) in [6.07, 6.45) is 1.89. The highest BCUT2D eigenvalue weighted by Gasteiger charge is 2.26. The molecule has 2 aromatic heterocycles. The number of pyridine rings is 1. The Labute approximate surface area is 318 Å². The molecule has 3 nitrogen and oxygen atoms in total. The van der Waals surface area contributed by atoms with Crippen molar-refractivity contribution in [1.29, 1.82) is 0 Å². The van der Waals surface area contributed by atoms with Crippen LogP contribution in [0.5, 0.6) is 0 Å². The highest BCUT2D eigenvalue weighted by atomic mass is 15.1. The van der Waals surface area contributed by atoms with E-state index in [0.717, 1.165) is 61.6 Å². The van der Waals surface area contributed by atoms with E-state index >= 15 is 0 Å². The Bertz CT molecular complexity index is 3190. The first-order chi connectivity index (χ1) is 27.3. The first-order valence-electron chi connectivity index (χ1n) is 18.8.